The average molecular weight is 247 g/mol. The fourth-order valence-corrected chi connectivity index (χ4v) is 3.57. The Bertz CT molecular complexity index is 362. The van der Waals surface area contributed by atoms with Crippen molar-refractivity contribution in [2.24, 2.45) is 0 Å². The van der Waals surface area contributed by atoms with Crippen LogP contribution in [0.1, 0.15) is 12.8 Å². The molecule has 2 saturated heterocycles. The minimum absolute atomic E-state index is 0.0421. The number of rotatable bonds is 4. The van der Waals surface area contributed by atoms with Crippen molar-refractivity contribution in [1.82, 2.24) is 14.5 Å². The minimum Gasteiger partial charge on any atom is -0.336 e. The molecule has 2 amide bonds. The number of nitrogens with one attached hydrogen (secondary N) is 1. The maximum atomic E-state index is 11.9. The molecule has 0 bridgehead atoms. The molecule has 2 fully saturated rings. The number of sulfonamides is 1. The number of hydrogen-bond donors (Lipinski definition) is 1. The van der Waals surface area contributed by atoms with E-state index in [2.05, 4.69) is 5.32 Å². The van der Waals surface area contributed by atoms with E-state index < -0.39 is 10.0 Å². The molecule has 1 N–H and O–H groups in total. The number of carbonyl (C=O) groups excluding carboxylic acids is 1. The Morgan fingerprint density at radius 2 is 1.88 bits per heavy atom. The number of carbonyl (C=O) groups is 1. The normalized spacial score (nSPS) is 22.8. The van der Waals surface area contributed by atoms with Crippen LogP contribution in [0.5, 0.6) is 0 Å². The highest BCUT2D eigenvalue weighted by Crippen LogP contribution is 2.13. The largest absolute Gasteiger partial charge is 0.336 e. The van der Waals surface area contributed by atoms with Crippen LogP contribution in [0.4, 0.5) is 4.79 Å². The standard InChI is InChI=1S/C9H17N3O3S/c13-9-10-3-6-11(9)7-8-16(14,15)12-4-1-2-5-12/h1-8H2,(H,10,13). The van der Waals surface area contributed by atoms with Crippen molar-refractivity contribution in [2.45, 2.75) is 12.8 Å². The Kier molecular flexibility index (Phi) is 3.34. The zero-order valence-corrected chi connectivity index (χ0v) is 10.0. The maximum absolute atomic E-state index is 11.9. The lowest BCUT2D eigenvalue weighted by molar-refractivity contribution is 0.220. The van der Waals surface area contributed by atoms with Gasteiger partial charge in [-0.25, -0.2) is 17.5 Å². The summed E-state index contributed by atoms with van der Waals surface area (Å²) in [6.45, 7) is 2.78. The van der Waals surface area contributed by atoms with Crippen LogP contribution in [-0.4, -0.2) is 62.1 Å². The van der Waals surface area contributed by atoms with E-state index in [-0.39, 0.29) is 11.8 Å². The van der Waals surface area contributed by atoms with Gasteiger partial charge in [0.05, 0.1) is 5.75 Å². The van der Waals surface area contributed by atoms with Gasteiger partial charge in [-0.05, 0) is 12.8 Å². The second kappa shape index (κ2) is 4.58. The summed E-state index contributed by atoms with van der Waals surface area (Å²) in [5, 5.41) is 2.65. The van der Waals surface area contributed by atoms with Gasteiger partial charge in [0.25, 0.3) is 0 Å². The number of amides is 2. The molecule has 0 aromatic carbocycles. The molecule has 6 nitrogen and oxygen atoms in total. The maximum Gasteiger partial charge on any atom is 0.317 e. The molecular weight excluding hydrogens is 230 g/mol. The molecule has 92 valence electrons. The van der Waals surface area contributed by atoms with Gasteiger partial charge in [-0.15, -0.1) is 0 Å². The predicted molar refractivity (Wildman–Crippen MR) is 59.6 cm³/mol. The summed E-state index contributed by atoms with van der Waals surface area (Å²) in [5.74, 6) is 0.0421. The molecular formula is C9H17N3O3S. The summed E-state index contributed by atoms with van der Waals surface area (Å²) in [5.41, 5.74) is 0. The molecule has 0 aliphatic carbocycles. The number of urea groups is 1. The third-order valence-electron chi connectivity index (χ3n) is 3.02. The van der Waals surface area contributed by atoms with Gasteiger partial charge in [-0.2, -0.15) is 0 Å². The SMILES string of the molecule is O=C1NCCN1CCS(=O)(=O)N1CCCC1. The zero-order chi connectivity index (χ0) is 11.6. The van der Waals surface area contributed by atoms with Gasteiger partial charge in [0.15, 0.2) is 0 Å². The van der Waals surface area contributed by atoms with E-state index in [0.29, 0.717) is 32.7 Å². The molecule has 0 aromatic rings. The lowest BCUT2D eigenvalue weighted by Crippen LogP contribution is -2.37. The van der Waals surface area contributed by atoms with Gasteiger partial charge in [0.1, 0.15) is 0 Å². The van der Waals surface area contributed by atoms with Crippen LogP contribution < -0.4 is 5.32 Å². The molecule has 2 aliphatic rings. The predicted octanol–water partition coefficient (Wildman–Crippen LogP) is -0.563. The smallest absolute Gasteiger partial charge is 0.317 e. The van der Waals surface area contributed by atoms with Crippen molar-refractivity contribution >= 4 is 16.1 Å². The Balaban J connectivity index is 1.86. The second-order valence-electron chi connectivity index (χ2n) is 4.14. The van der Waals surface area contributed by atoms with Crippen molar-refractivity contribution in [3.63, 3.8) is 0 Å². The molecule has 2 heterocycles. The highest BCUT2D eigenvalue weighted by atomic mass is 32.2. The van der Waals surface area contributed by atoms with Crippen LogP contribution in [0.25, 0.3) is 0 Å². The lowest BCUT2D eigenvalue weighted by atomic mass is 10.4. The number of nitrogens with zero attached hydrogens (tertiary/aromatic N) is 2. The zero-order valence-electron chi connectivity index (χ0n) is 9.18. The van der Waals surface area contributed by atoms with E-state index in [9.17, 15) is 13.2 Å². The topological polar surface area (TPSA) is 69.7 Å². The van der Waals surface area contributed by atoms with E-state index in [0.717, 1.165) is 12.8 Å². The van der Waals surface area contributed by atoms with Crippen molar-refractivity contribution in [1.29, 1.82) is 0 Å². The Labute approximate surface area is 95.6 Å². The minimum atomic E-state index is -3.16. The molecule has 0 unspecified atom stereocenters. The molecule has 7 heteroatoms. The lowest BCUT2D eigenvalue weighted by Gasteiger charge is -2.18. The van der Waals surface area contributed by atoms with Crippen LogP contribution in [0.15, 0.2) is 0 Å². The van der Waals surface area contributed by atoms with Crippen molar-refractivity contribution < 1.29 is 13.2 Å². The highest BCUT2D eigenvalue weighted by Gasteiger charge is 2.27. The Hall–Kier alpha value is -0.820. The first-order chi connectivity index (χ1) is 7.59. The van der Waals surface area contributed by atoms with Crippen molar-refractivity contribution in [3.05, 3.63) is 0 Å². The molecule has 0 spiro atoms. The van der Waals surface area contributed by atoms with Gasteiger partial charge in [0, 0.05) is 32.7 Å². The van der Waals surface area contributed by atoms with Crippen LogP contribution in [0.3, 0.4) is 0 Å². The van der Waals surface area contributed by atoms with Gasteiger partial charge < -0.3 is 10.2 Å². The van der Waals surface area contributed by atoms with Crippen LogP contribution >= 0.6 is 0 Å². The summed E-state index contributed by atoms with van der Waals surface area (Å²) in [4.78, 5) is 12.8. The van der Waals surface area contributed by atoms with E-state index in [1.165, 1.54) is 4.31 Å². The monoisotopic (exact) mass is 247 g/mol. The summed E-state index contributed by atoms with van der Waals surface area (Å²) in [6, 6.07) is -0.156. The van der Waals surface area contributed by atoms with E-state index in [1.54, 1.807) is 4.90 Å². The molecule has 0 saturated carbocycles. The van der Waals surface area contributed by atoms with Crippen LogP contribution in [-0.2, 0) is 10.0 Å². The van der Waals surface area contributed by atoms with Crippen molar-refractivity contribution in [2.75, 3.05) is 38.5 Å². The summed E-state index contributed by atoms with van der Waals surface area (Å²) in [6.07, 6.45) is 1.90. The fourth-order valence-electron chi connectivity index (χ4n) is 2.05. The van der Waals surface area contributed by atoms with Gasteiger partial charge in [0.2, 0.25) is 10.0 Å². The molecule has 2 rings (SSSR count). The first-order valence-electron chi connectivity index (χ1n) is 5.60. The van der Waals surface area contributed by atoms with Crippen molar-refractivity contribution in [3.8, 4) is 0 Å². The Morgan fingerprint density at radius 1 is 1.19 bits per heavy atom. The van der Waals surface area contributed by atoms with E-state index in [1.807, 2.05) is 0 Å². The van der Waals surface area contributed by atoms with E-state index >= 15 is 0 Å². The van der Waals surface area contributed by atoms with Gasteiger partial charge in [-0.3, -0.25) is 0 Å². The summed E-state index contributed by atoms with van der Waals surface area (Å²) >= 11 is 0. The third kappa shape index (κ3) is 2.46. The number of hydrogen-bond acceptors (Lipinski definition) is 3. The fraction of sp³-hybridized carbons (Fsp3) is 0.889. The first-order valence-corrected chi connectivity index (χ1v) is 7.21. The van der Waals surface area contributed by atoms with Crippen LogP contribution in [0.2, 0.25) is 0 Å². The molecule has 2 aliphatic heterocycles. The molecule has 0 radical (unpaired) electrons. The Morgan fingerprint density at radius 3 is 2.44 bits per heavy atom. The first kappa shape index (κ1) is 11.7. The average Bonchev–Trinajstić information content (AvgIpc) is 2.85. The van der Waals surface area contributed by atoms with E-state index in [4.69, 9.17) is 0 Å². The second-order valence-corrected chi connectivity index (χ2v) is 6.23. The third-order valence-corrected chi connectivity index (χ3v) is 4.87. The molecule has 16 heavy (non-hydrogen) atoms. The highest BCUT2D eigenvalue weighted by molar-refractivity contribution is 7.89. The molecule has 0 atom stereocenters. The van der Waals surface area contributed by atoms with Gasteiger partial charge in [-0.1, -0.05) is 0 Å². The summed E-state index contributed by atoms with van der Waals surface area (Å²) in [7, 11) is -3.16. The quantitative estimate of drug-likeness (QED) is 0.724. The van der Waals surface area contributed by atoms with Crippen LogP contribution in [0, 0.1) is 0 Å². The summed E-state index contributed by atoms with van der Waals surface area (Å²) < 4.78 is 25.3. The van der Waals surface area contributed by atoms with Gasteiger partial charge >= 0.3 is 6.03 Å². The molecule has 0 aromatic heterocycles.